The number of anilines is 1. The van der Waals surface area contributed by atoms with E-state index in [0.717, 1.165) is 20.7 Å². The van der Waals surface area contributed by atoms with Crippen LogP contribution in [0.3, 0.4) is 0 Å². The molecule has 0 saturated heterocycles. The summed E-state index contributed by atoms with van der Waals surface area (Å²) in [6.07, 6.45) is 1.44. The molecule has 0 unspecified atom stereocenters. The summed E-state index contributed by atoms with van der Waals surface area (Å²) < 4.78 is 13.7. The maximum absolute atomic E-state index is 12.8. The molecule has 0 atom stereocenters. The molecule has 0 saturated carbocycles. The minimum absolute atomic E-state index is 0.242. The molecular weight excluding hydrogens is 237 g/mol. The molecule has 1 aromatic carbocycles. The maximum Gasteiger partial charge on any atom is 0.144 e. The molecule has 3 nitrogen and oxygen atoms in total. The molecule has 0 amide bonds. The number of benzene rings is 1. The summed E-state index contributed by atoms with van der Waals surface area (Å²) in [6.45, 7) is 0. The van der Waals surface area contributed by atoms with Gasteiger partial charge in [-0.25, -0.2) is 14.4 Å². The van der Waals surface area contributed by atoms with E-state index < -0.39 is 0 Å². The number of halogens is 1. The molecule has 3 aromatic rings. The normalized spacial score (nSPS) is 10.9. The summed E-state index contributed by atoms with van der Waals surface area (Å²) in [6, 6.07) is 8.29. The van der Waals surface area contributed by atoms with Gasteiger partial charge in [-0.2, -0.15) is 0 Å². The fourth-order valence-corrected chi connectivity index (χ4v) is 2.65. The lowest BCUT2D eigenvalue weighted by Crippen LogP contribution is -1.89. The summed E-state index contributed by atoms with van der Waals surface area (Å²) in [5, 5.41) is 0. The monoisotopic (exact) mass is 245 g/mol. The van der Waals surface area contributed by atoms with E-state index >= 15 is 0 Å². The standard InChI is InChI=1S/C12H8FN3S/c13-8-3-1-7(2-4-8)10-5-9-11(17-10)12(14)16-6-15-9/h1-6H,(H2,14,15,16). The van der Waals surface area contributed by atoms with Crippen LogP contribution in [0.2, 0.25) is 0 Å². The van der Waals surface area contributed by atoms with Gasteiger partial charge in [-0.3, -0.25) is 0 Å². The Labute approximate surface area is 101 Å². The topological polar surface area (TPSA) is 51.8 Å². The van der Waals surface area contributed by atoms with Gasteiger partial charge < -0.3 is 5.73 Å². The van der Waals surface area contributed by atoms with Crippen molar-refractivity contribution in [1.29, 1.82) is 0 Å². The van der Waals surface area contributed by atoms with Gasteiger partial charge in [0.05, 0.1) is 10.2 Å². The zero-order valence-electron chi connectivity index (χ0n) is 8.72. The van der Waals surface area contributed by atoms with Crippen LogP contribution in [0.1, 0.15) is 0 Å². The van der Waals surface area contributed by atoms with E-state index in [2.05, 4.69) is 9.97 Å². The van der Waals surface area contributed by atoms with Crippen LogP contribution in [-0.4, -0.2) is 9.97 Å². The van der Waals surface area contributed by atoms with Crippen molar-refractivity contribution < 1.29 is 4.39 Å². The van der Waals surface area contributed by atoms with Crippen molar-refractivity contribution in [1.82, 2.24) is 9.97 Å². The number of aromatic nitrogens is 2. The Bertz CT molecular complexity index is 676. The molecule has 2 heterocycles. The number of nitrogens with two attached hydrogens (primary N) is 1. The third-order valence-electron chi connectivity index (χ3n) is 2.47. The molecule has 17 heavy (non-hydrogen) atoms. The highest BCUT2D eigenvalue weighted by molar-refractivity contribution is 7.22. The first-order valence-electron chi connectivity index (χ1n) is 5.00. The molecule has 0 aliphatic rings. The Morgan fingerprint density at radius 3 is 2.59 bits per heavy atom. The van der Waals surface area contributed by atoms with Crippen molar-refractivity contribution in [2.24, 2.45) is 0 Å². The average molecular weight is 245 g/mol. The van der Waals surface area contributed by atoms with Crippen LogP contribution in [0.25, 0.3) is 20.7 Å². The largest absolute Gasteiger partial charge is 0.382 e. The van der Waals surface area contributed by atoms with Gasteiger partial charge in [-0.05, 0) is 23.8 Å². The molecule has 0 aliphatic carbocycles. The lowest BCUT2D eigenvalue weighted by atomic mass is 10.2. The first kappa shape index (κ1) is 10.2. The first-order valence-corrected chi connectivity index (χ1v) is 5.81. The molecule has 0 fully saturated rings. The van der Waals surface area contributed by atoms with Crippen LogP contribution >= 0.6 is 11.3 Å². The van der Waals surface area contributed by atoms with E-state index in [1.807, 2.05) is 6.07 Å². The van der Waals surface area contributed by atoms with Crippen molar-refractivity contribution in [2.75, 3.05) is 5.73 Å². The average Bonchev–Trinajstić information content (AvgIpc) is 2.75. The molecule has 0 radical (unpaired) electrons. The fraction of sp³-hybridized carbons (Fsp3) is 0. The second-order valence-electron chi connectivity index (χ2n) is 3.59. The number of rotatable bonds is 1. The minimum atomic E-state index is -0.242. The van der Waals surface area contributed by atoms with Crippen LogP contribution in [0.4, 0.5) is 10.2 Å². The van der Waals surface area contributed by atoms with Gasteiger partial charge in [0.25, 0.3) is 0 Å². The SMILES string of the molecule is Nc1ncnc2cc(-c3ccc(F)cc3)sc12. The van der Waals surface area contributed by atoms with E-state index in [9.17, 15) is 4.39 Å². The second-order valence-corrected chi connectivity index (χ2v) is 4.64. The molecule has 0 spiro atoms. The highest BCUT2D eigenvalue weighted by Gasteiger charge is 2.08. The summed E-state index contributed by atoms with van der Waals surface area (Å²) in [5.74, 6) is 0.238. The van der Waals surface area contributed by atoms with Crippen molar-refractivity contribution >= 4 is 27.4 Å². The van der Waals surface area contributed by atoms with E-state index in [0.29, 0.717) is 5.82 Å². The lowest BCUT2D eigenvalue weighted by Gasteiger charge is -1.95. The van der Waals surface area contributed by atoms with Gasteiger partial charge in [-0.1, -0.05) is 12.1 Å². The highest BCUT2D eigenvalue weighted by atomic mass is 32.1. The molecule has 2 aromatic heterocycles. The minimum Gasteiger partial charge on any atom is -0.382 e. The lowest BCUT2D eigenvalue weighted by molar-refractivity contribution is 0.628. The first-order chi connectivity index (χ1) is 8.24. The van der Waals surface area contributed by atoms with Crippen molar-refractivity contribution in [2.45, 2.75) is 0 Å². The van der Waals surface area contributed by atoms with Gasteiger partial charge >= 0.3 is 0 Å². The Hall–Kier alpha value is -2.01. The highest BCUT2D eigenvalue weighted by Crippen LogP contribution is 2.34. The van der Waals surface area contributed by atoms with Crippen LogP contribution in [0, 0.1) is 5.82 Å². The molecule has 5 heteroatoms. The van der Waals surface area contributed by atoms with E-state index in [4.69, 9.17) is 5.73 Å². The van der Waals surface area contributed by atoms with Gasteiger partial charge in [0.2, 0.25) is 0 Å². The van der Waals surface area contributed by atoms with E-state index in [1.165, 1.54) is 29.8 Å². The molecule has 3 rings (SSSR count). The number of nitrogens with zero attached hydrogens (tertiary/aromatic N) is 2. The molecule has 0 aliphatic heterocycles. The third-order valence-corrected chi connectivity index (χ3v) is 3.66. The van der Waals surface area contributed by atoms with Crippen molar-refractivity contribution in [3.63, 3.8) is 0 Å². The van der Waals surface area contributed by atoms with Crippen LogP contribution < -0.4 is 5.73 Å². The summed E-state index contributed by atoms with van der Waals surface area (Å²) in [4.78, 5) is 9.10. The summed E-state index contributed by atoms with van der Waals surface area (Å²) in [5.41, 5.74) is 7.54. The zero-order chi connectivity index (χ0) is 11.8. The van der Waals surface area contributed by atoms with Crippen LogP contribution in [0.5, 0.6) is 0 Å². The number of hydrogen-bond acceptors (Lipinski definition) is 4. The molecular formula is C12H8FN3S. The number of nitrogen functional groups attached to an aromatic ring is 1. The van der Waals surface area contributed by atoms with Crippen LogP contribution in [-0.2, 0) is 0 Å². The molecule has 2 N–H and O–H groups in total. The number of hydrogen-bond donors (Lipinski definition) is 1. The van der Waals surface area contributed by atoms with Crippen molar-refractivity contribution in [3.8, 4) is 10.4 Å². The smallest absolute Gasteiger partial charge is 0.144 e. The zero-order valence-corrected chi connectivity index (χ0v) is 9.54. The van der Waals surface area contributed by atoms with Gasteiger partial charge in [0, 0.05) is 4.88 Å². The fourth-order valence-electron chi connectivity index (χ4n) is 1.63. The van der Waals surface area contributed by atoms with Crippen molar-refractivity contribution in [3.05, 3.63) is 42.5 Å². The Kier molecular flexibility index (Phi) is 2.26. The third kappa shape index (κ3) is 1.74. The molecule has 0 bridgehead atoms. The maximum atomic E-state index is 12.8. The Balaban J connectivity index is 2.18. The molecule has 84 valence electrons. The number of fused-ring (bicyclic) bond motifs is 1. The van der Waals surface area contributed by atoms with E-state index in [1.54, 1.807) is 12.1 Å². The predicted octanol–water partition coefficient (Wildman–Crippen LogP) is 3.08. The summed E-state index contributed by atoms with van der Waals surface area (Å²) >= 11 is 1.51. The predicted molar refractivity (Wildman–Crippen MR) is 67.2 cm³/mol. The second kappa shape index (κ2) is 3.78. The van der Waals surface area contributed by atoms with Crippen LogP contribution in [0.15, 0.2) is 36.7 Å². The number of thiophene rings is 1. The summed E-state index contributed by atoms with van der Waals surface area (Å²) in [7, 11) is 0. The Morgan fingerprint density at radius 1 is 1.12 bits per heavy atom. The Morgan fingerprint density at radius 2 is 1.88 bits per heavy atom. The van der Waals surface area contributed by atoms with E-state index in [-0.39, 0.29) is 5.82 Å². The quantitative estimate of drug-likeness (QED) is 0.716. The van der Waals surface area contributed by atoms with Gasteiger partial charge in [0.15, 0.2) is 0 Å². The van der Waals surface area contributed by atoms with Gasteiger partial charge in [-0.15, -0.1) is 11.3 Å². The van der Waals surface area contributed by atoms with Gasteiger partial charge in [0.1, 0.15) is 18.0 Å².